The minimum Gasteiger partial charge on any atom is -0.342 e. The van der Waals surface area contributed by atoms with Gasteiger partial charge in [0.1, 0.15) is 5.82 Å². The van der Waals surface area contributed by atoms with Crippen molar-refractivity contribution >= 4 is 17.7 Å². The number of nitrogens with two attached hydrogens (primary N) is 1. The third-order valence-electron chi connectivity index (χ3n) is 4.13. The molecule has 2 N–H and O–H groups in total. The summed E-state index contributed by atoms with van der Waals surface area (Å²) < 4.78 is 2.13. The van der Waals surface area contributed by atoms with Gasteiger partial charge in [0, 0.05) is 19.1 Å². The molecular weight excluding hydrogens is 286 g/mol. The normalized spacial score (nSPS) is 20.6. The molecule has 0 aromatic carbocycles. The van der Waals surface area contributed by atoms with Crippen LogP contribution < -0.4 is 5.73 Å². The molecule has 6 nitrogen and oxygen atoms in total. The van der Waals surface area contributed by atoms with Gasteiger partial charge >= 0.3 is 0 Å². The number of likely N-dealkylation sites (tertiary alicyclic amines) is 1. The predicted octanol–water partition coefficient (Wildman–Crippen LogP) is 1.56. The molecule has 0 radical (unpaired) electrons. The van der Waals surface area contributed by atoms with Crippen molar-refractivity contribution in [3.8, 4) is 0 Å². The Hall–Kier alpha value is -1.08. The number of nitrogens with zero attached hydrogens (tertiary/aromatic N) is 4. The zero-order chi connectivity index (χ0) is 14.8. The molecule has 1 aliphatic carbocycles. The second kappa shape index (κ2) is 6.36. The number of piperidine rings is 1. The van der Waals surface area contributed by atoms with Gasteiger partial charge in [-0.2, -0.15) is 0 Å². The van der Waals surface area contributed by atoms with Crippen LogP contribution >= 0.6 is 11.8 Å². The van der Waals surface area contributed by atoms with E-state index in [-0.39, 0.29) is 11.2 Å². The third-order valence-corrected chi connectivity index (χ3v) is 5.17. The van der Waals surface area contributed by atoms with Crippen molar-refractivity contribution < 1.29 is 4.79 Å². The number of amides is 1. The number of rotatable bonds is 5. The zero-order valence-corrected chi connectivity index (χ0v) is 13.3. The highest BCUT2D eigenvalue weighted by atomic mass is 32.2. The minimum atomic E-state index is -0.115. The van der Waals surface area contributed by atoms with Crippen LogP contribution in [0.1, 0.15) is 50.9 Å². The molecule has 1 amide bonds. The number of aromatic nitrogens is 3. The van der Waals surface area contributed by atoms with Crippen LogP contribution in [0.4, 0.5) is 0 Å². The molecular formula is C14H23N5OS. The molecule has 1 unspecified atom stereocenters. The highest BCUT2D eigenvalue weighted by Crippen LogP contribution is 2.39. The Balaban J connectivity index is 1.68. The number of hydrogen-bond acceptors (Lipinski definition) is 5. The van der Waals surface area contributed by atoms with Gasteiger partial charge in [-0.25, -0.2) is 0 Å². The van der Waals surface area contributed by atoms with Crippen molar-refractivity contribution in [1.82, 2.24) is 19.7 Å². The first-order valence-electron chi connectivity index (χ1n) is 7.80. The summed E-state index contributed by atoms with van der Waals surface area (Å²) >= 11 is 1.52. The first-order chi connectivity index (χ1) is 10.2. The molecule has 1 atom stereocenters. The van der Waals surface area contributed by atoms with Gasteiger partial charge < -0.3 is 15.2 Å². The Bertz CT molecular complexity index is 507. The average Bonchev–Trinajstić information content (AvgIpc) is 3.28. The SMILES string of the molecule is CC(Sc1nnc(CN)n1C1CC1)C(=O)N1CCCCC1. The van der Waals surface area contributed by atoms with Crippen molar-refractivity contribution in [3.63, 3.8) is 0 Å². The molecule has 3 rings (SSSR count). The van der Waals surface area contributed by atoms with Crippen molar-refractivity contribution in [1.29, 1.82) is 0 Å². The molecule has 21 heavy (non-hydrogen) atoms. The highest BCUT2D eigenvalue weighted by molar-refractivity contribution is 8.00. The van der Waals surface area contributed by atoms with Crippen molar-refractivity contribution in [3.05, 3.63) is 5.82 Å². The molecule has 116 valence electrons. The smallest absolute Gasteiger partial charge is 0.235 e. The molecule has 0 spiro atoms. The number of carbonyl (C=O) groups is 1. The molecule has 0 bridgehead atoms. The van der Waals surface area contributed by atoms with E-state index in [0.29, 0.717) is 12.6 Å². The van der Waals surface area contributed by atoms with Gasteiger partial charge in [0.25, 0.3) is 0 Å². The van der Waals surface area contributed by atoms with E-state index < -0.39 is 0 Å². The third kappa shape index (κ3) is 3.23. The van der Waals surface area contributed by atoms with Gasteiger partial charge in [0.05, 0.1) is 11.8 Å². The maximum atomic E-state index is 12.5. The topological polar surface area (TPSA) is 77.0 Å². The van der Waals surface area contributed by atoms with Gasteiger partial charge in [-0.15, -0.1) is 10.2 Å². The van der Waals surface area contributed by atoms with Gasteiger partial charge in [0.15, 0.2) is 5.16 Å². The maximum Gasteiger partial charge on any atom is 0.235 e. The van der Waals surface area contributed by atoms with Crippen LogP contribution in [-0.2, 0) is 11.3 Å². The lowest BCUT2D eigenvalue weighted by molar-refractivity contribution is -0.131. The van der Waals surface area contributed by atoms with E-state index >= 15 is 0 Å². The summed E-state index contributed by atoms with van der Waals surface area (Å²) in [6.45, 7) is 4.16. The van der Waals surface area contributed by atoms with Gasteiger partial charge in [-0.3, -0.25) is 4.79 Å². The molecule has 1 aliphatic heterocycles. The lowest BCUT2D eigenvalue weighted by Gasteiger charge is -2.28. The molecule has 1 saturated carbocycles. The molecule has 2 fully saturated rings. The van der Waals surface area contributed by atoms with Crippen LogP contribution in [0.5, 0.6) is 0 Å². The fourth-order valence-electron chi connectivity index (χ4n) is 2.81. The lowest BCUT2D eigenvalue weighted by atomic mass is 10.1. The number of hydrogen-bond donors (Lipinski definition) is 1. The Kier molecular flexibility index (Phi) is 4.49. The first-order valence-corrected chi connectivity index (χ1v) is 8.68. The van der Waals surface area contributed by atoms with Crippen molar-refractivity contribution in [2.75, 3.05) is 13.1 Å². The summed E-state index contributed by atoms with van der Waals surface area (Å²) in [5.41, 5.74) is 5.73. The Morgan fingerprint density at radius 3 is 2.67 bits per heavy atom. The fraction of sp³-hybridized carbons (Fsp3) is 0.786. The lowest BCUT2D eigenvalue weighted by Crippen LogP contribution is -2.40. The van der Waals surface area contributed by atoms with Crippen LogP contribution in [0.2, 0.25) is 0 Å². The van der Waals surface area contributed by atoms with Crippen LogP contribution in [0.25, 0.3) is 0 Å². The van der Waals surface area contributed by atoms with E-state index in [1.54, 1.807) is 0 Å². The quantitative estimate of drug-likeness (QED) is 0.835. The predicted molar refractivity (Wildman–Crippen MR) is 81.9 cm³/mol. The Labute approximate surface area is 129 Å². The minimum absolute atomic E-state index is 0.115. The molecule has 1 saturated heterocycles. The number of carbonyl (C=O) groups excluding carboxylic acids is 1. The van der Waals surface area contributed by atoms with Crippen LogP contribution in [-0.4, -0.2) is 43.9 Å². The second-order valence-corrected chi connectivity index (χ2v) is 7.16. The molecule has 1 aromatic heterocycles. The summed E-state index contributed by atoms with van der Waals surface area (Å²) in [4.78, 5) is 14.5. The monoisotopic (exact) mass is 309 g/mol. The van der Waals surface area contributed by atoms with Crippen LogP contribution in [0, 0.1) is 0 Å². The Morgan fingerprint density at radius 1 is 1.33 bits per heavy atom. The molecule has 2 aliphatic rings. The highest BCUT2D eigenvalue weighted by Gasteiger charge is 2.31. The number of thioether (sulfide) groups is 1. The summed E-state index contributed by atoms with van der Waals surface area (Å²) in [5, 5.41) is 9.13. The van der Waals surface area contributed by atoms with Gasteiger partial charge in [0.2, 0.25) is 5.91 Å². The van der Waals surface area contributed by atoms with Crippen LogP contribution in [0.3, 0.4) is 0 Å². The zero-order valence-electron chi connectivity index (χ0n) is 12.5. The van der Waals surface area contributed by atoms with E-state index in [1.807, 2.05) is 11.8 Å². The van der Waals surface area contributed by atoms with Crippen molar-refractivity contribution in [2.45, 2.75) is 62.0 Å². The first kappa shape index (κ1) is 14.8. The summed E-state index contributed by atoms with van der Waals surface area (Å²) in [6, 6.07) is 0.485. The van der Waals surface area contributed by atoms with Crippen LogP contribution in [0.15, 0.2) is 5.16 Å². The van der Waals surface area contributed by atoms with E-state index in [1.165, 1.54) is 18.2 Å². The van der Waals surface area contributed by atoms with E-state index in [4.69, 9.17) is 5.73 Å². The van der Waals surface area contributed by atoms with E-state index in [9.17, 15) is 4.79 Å². The van der Waals surface area contributed by atoms with Gasteiger partial charge in [-0.1, -0.05) is 11.8 Å². The summed E-state index contributed by atoms with van der Waals surface area (Å²) in [5.74, 6) is 1.05. The molecule has 7 heteroatoms. The summed E-state index contributed by atoms with van der Waals surface area (Å²) in [6.07, 6.45) is 5.80. The maximum absolute atomic E-state index is 12.5. The van der Waals surface area contributed by atoms with E-state index in [0.717, 1.165) is 49.8 Å². The largest absolute Gasteiger partial charge is 0.342 e. The molecule has 1 aromatic rings. The second-order valence-electron chi connectivity index (χ2n) is 5.85. The average molecular weight is 309 g/mol. The Morgan fingerprint density at radius 2 is 2.05 bits per heavy atom. The van der Waals surface area contributed by atoms with Gasteiger partial charge in [-0.05, 0) is 39.0 Å². The standard InChI is InChI=1S/C14H23N5OS/c1-10(13(20)18-7-3-2-4-8-18)21-14-17-16-12(9-15)19(14)11-5-6-11/h10-11H,2-9,15H2,1H3. The van der Waals surface area contributed by atoms with E-state index in [2.05, 4.69) is 14.8 Å². The summed E-state index contributed by atoms with van der Waals surface area (Å²) in [7, 11) is 0. The van der Waals surface area contributed by atoms with Crippen molar-refractivity contribution in [2.24, 2.45) is 5.73 Å². The molecule has 2 heterocycles. The fourth-order valence-corrected chi connectivity index (χ4v) is 3.83.